The topological polar surface area (TPSA) is 91.4 Å². The summed E-state index contributed by atoms with van der Waals surface area (Å²) in [5.74, 6) is 1.06. The zero-order valence-corrected chi connectivity index (χ0v) is 16.6. The number of carbonyl (C=O) groups excluding carboxylic acids is 1. The highest BCUT2D eigenvalue weighted by molar-refractivity contribution is 5.88. The van der Waals surface area contributed by atoms with Crippen molar-refractivity contribution in [3.63, 3.8) is 0 Å². The molecule has 3 N–H and O–H groups in total. The molecule has 1 aliphatic carbocycles. The van der Waals surface area contributed by atoms with E-state index in [0.717, 1.165) is 50.5 Å². The maximum Gasteiger partial charge on any atom is 0.320 e. The molecule has 8 heteroatoms. The predicted octanol–water partition coefficient (Wildman–Crippen LogP) is 3.51. The van der Waals surface area contributed by atoms with Gasteiger partial charge < -0.3 is 20.3 Å². The number of urea groups is 1. The second kappa shape index (κ2) is 9.56. The number of carbonyl (C=O) groups is 1. The molecule has 1 saturated carbocycles. The van der Waals surface area contributed by atoms with E-state index in [1.807, 2.05) is 24.3 Å². The van der Waals surface area contributed by atoms with Crippen LogP contribution in [0.5, 0.6) is 0 Å². The number of anilines is 4. The zero-order valence-electron chi connectivity index (χ0n) is 16.6. The third kappa shape index (κ3) is 5.35. The van der Waals surface area contributed by atoms with Crippen molar-refractivity contribution in [1.29, 1.82) is 0 Å². The van der Waals surface area contributed by atoms with E-state index in [9.17, 15) is 4.79 Å². The summed E-state index contributed by atoms with van der Waals surface area (Å²) in [4.78, 5) is 14.5. The number of ether oxygens (including phenoxy) is 1. The van der Waals surface area contributed by atoms with Gasteiger partial charge in [0.15, 0.2) is 11.6 Å². The Bertz CT molecular complexity index is 801. The van der Waals surface area contributed by atoms with Gasteiger partial charge in [0.2, 0.25) is 0 Å². The summed E-state index contributed by atoms with van der Waals surface area (Å²) in [5.41, 5.74) is 2.09. The van der Waals surface area contributed by atoms with Gasteiger partial charge >= 0.3 is 6.03 Å². The number of para-hydroxylation sites is 2. The summed E-state index contributed by atoms with van der Waals surface area (Å²) < 4.78 is 5.45. The van der Waals surface area contributed by atoms with Gasteiger partial charge in [-0.15, -0.1) is 10.2 Å². The van der Waals surface area contributed by atoms with E-state index in [0.29, 0.717) is 11.6 Å². The second-order valence-electron chi connectivity index (χ2n) is 7.48. The number of hydrogen-bond acceptors (Lipinski definition) is 6. The highest BCUT2D eigenvalue weighted by Crippen LogP contribution is 2.28. The Labute approximate surface area is 171 Å². The van der Waals surface area contributed by atoms with Gasteiger partial charge in [0, 0.05) is 19.1 Å². The van der Waals surface area contributed by atoms with E-state index >= 15 is 0 Å². The molecule has 154 valence electrons. The average Bonchev–Trinajstić information content (AvgIpc) is 2.77. The minimum atomic E-state index is -0.218. The van der Waals surface area contributed by atoms with Crippen LogP contribution in [0.1, 0.15) is 32.1 Å². The molecule has 0 bridgehead atoms. The zero-order chi connectivity index (χ0) is 19.9. The fourth-order valence-corrected chi connectivity index (χ4v) is 3.85. The van der Waals surface area contributed by atoms with Crippen LogP contribution in [-0.4, -0.2) is 48.6 Å². The largest absolute Gasteiger partial charge is 0.378 e. The molecule has 0 atom stereocenters. The SMILES string of the molecule is O=C(Nc1ccc(Nc2ccccc2N2CCOCC2)nn1)NC1CCCCC1. The molecular formula is C21H28N6O2. The molecule has 2 fully saturated rings. The van der Waals surface area contributed by atoms with Crippen LogP contribution in [-0.2, 0) is 4.74 Å². The number of nitrogens with one attached hydrogen (secondary N) is 3. The van der Waals surface area contributed by atoms with Gasteiger partial charge in [0.1, 0.15) is 0 Å². The van der Waals surface area contributed by atoms with Crippen molar-refractivity contribution in [1.82, 2.24) is 15.5 Å². The number of rotatable bonds is 5. The van der Waals surface area contributed by atoms with E-state index < -0.39 is 0 Å². The Morgan fingerprint density at radius 2 is 1.69 bits per heavy atom. The molecule has 8 nitrogen and oxygen atoms in total. The first kappa shape index (κ1) is 19.4. The average molecular weight is 396 g/mol. The summed E-state index contributed by atoms with van der Waals surface area (Å²) in [6.45, 7) is 3.20. The van der Waals surface area contributed by atoms with Crippen LogP contribution in [0.3, 0.4) is 0 Å². The summed E-state index contributed by atoms with van der Waals surface area (Å²) in [5, 5.41) is 17.5. The lowest BCUT2D eigenvalue weighted by Gasteiger charge is -2.30. The third-order valence-electron chi connectivity index (χ3n) is 5.37. The molecular weight excluding hydrogens is 368 g/mol. The van der Waals surface area contributed by atoms with E-state index in [2.05, 4.69) is 37.1 Å². The predicted molar refractivity (Wildman–Crippen MR) is 114 cm³/mol. The van der Waals surface area contributed by atoms with Gasteiger partial charge in [0.05, 0.1) is 24.6 Å². The summed E-state index contributed by atoms with van der Waals surface area (Å²) >= 11 is 0. The lowest BCUT2D eigenvalue weighted by atomic mass is 9.96. The Balaban J connectivity index is 1.35. The second-order valence-corrected chi connectivity index (χ2v) is 7.48. The summed E-state index contributed by atoms with van der Waals surface area (Å²) in [7, 11) is 0. The fourth-order valence-electron chi connectivity index (χ4n) is 3.85. The van der Waals surface area contributed by atoms with E-state index in [4.69, 9.17) is 4.74 Å². The maximum absolute atomic E-state index is 12.2. The summed E-state index contributed by atoms with van der Waals surface area (Å²) in [6.07, 6.45) is 5.71. The molecule has 4 rings (SSSR count). The first-order valence-electron chi connectivity index (χ1n) is 10.4. The van der Waals surface area contributed by atoms with Crippen LogP contribution in [0, 0.1) is 0 Å². The maximum atomic E-state index is 12.2. The smallest absolute Gasteiger partial charge is 0.320 e. The van der Waals surface area contributed by atoms with Crippen LogP contribution in [0.15, 0.2) is 36.4 Å². The van der Waals surface area contributed by atoms with Crippen LogP contribution in [0.2, 0.25) is 0 Å². The number of nitrogens with zero attached hydrogens (tertiary/aromatic N) is 3. The van der Waals surface area contributed by atoms with Crippen molar-refractivity contribution in [2.75, 3.05) is 41.8 Å². The van der Waals surface area contributed by atoms with Crippen molar-refractivity contribution >= 4 is 29.0 Å². The van der Waals surface area contributed by atoms with Crippen LogP contribution < -0.4 is 20.9 Å². The standard InChI is InChI=1S/C21H28N6O2/c28-21(22-16-6-2-1-3-7-16)24-20-11-10-19(25-26-20)23-17-8-4-5-9-18(17)27-12-14-29-15-13-27/h4-5,8-11,16H,1-3,6-7,12-15H2,(H,23,25)(H2,22,24,26,28). The lowest BCUT2D eigenvalue weighted by Crippen LogP contribution is -2.39. The van der Waals surface area contributed by atoms with Crippen LogP contribution in [0.25, 0.3) is 0 Å². The summed E-state index contributed by atoms with van der Waals surface area (Å²) in [6, 6.07) is 11.7. The normalized spacial score (nSPS) is 17.6. The highest BCUT2D eigenvalue weighted by atomic mass is 16.5. The molecule has 1 aromatic carbocycles. The first-order valence-corrected chi connectivity index (χ1v) is 10.4. The van der Waals surface area contributed by atoms with Crippen molar-refractivity contribution < 1.29 is 9.53 Å². The van der Waals surface area contributed by atoms with Gasteiger partial charge in [-0.25, -0.2) is 4.79 Å². The third-order valence-corrected chi connectivity index (χ3v) is 5.37. The molecule has 29 heavy (non-hydrogen) atoms. The Morgan fingerprint density at radius 3 is 2.45 bits per heavy atom. The molecule has 1 aromatic heterocycles. The van der Waals surface area contributed by atoms with Crippen molar-refractivity contribution in [3.8, 4) is 0 Å². The minimum absolute atomic E-state index is 0.218. The molecule has 1 aliphatic heterocycles. The lowest BCUT2D eigenvalue weighted by molar-refractivity contribution is 0.123. The number of amides is 2. The van der Waals surface area contributed by atoms with Crippen molar-refractivity contribution in [3.05, 3.63) is 36.4 Å². The first-order chi connectivity index (χ1) is 14.3. The van der Waals surface area contributed by atoms with Crippen LogP contribution in [0.4, 0.5) is 27.8 Å². The molecule has 0 radical (unpaired) electrons. The molecule has 0 spiro atoms. The number of hydrogen-bond donors (Lipinski definition) is 3. The molecule has 2 heterocycles. The van der Waals surface area contributed by atoms with E-state index in [-0.39, 0.29) is 12.1 Å². The Hall–Kier alpha value is -2.87. The Morgan fingerprint density at radius 1 is 0.966 bits per heavy atom. The molecule has 2 aliphatic rings. The molecule has 1 saturated heterocycles. The quantitative estimate of drug-likeness (QED) is 0.716. The van der Waals surface area contributed by atoms with Gasteiger partial charge in [-0.2, -0.15) is 0 Å². The number of aromatic nitrogens is 2. The van der Waals surface area contributed by atoms with Crippen molar-refractivity contribution in [2.45, 2.75) is 38.1 Å². The van der Waals surface area contributed by atoms with Crippen LogP contribution >= 0.6 is 0 Å². The molecule has 2 amide bonds. The number of benzene rings is 1. The van der Waals surface area contributed by atoms with E-state index in [1.54, 1.807) is 6.07 Å². The molecule has 2 aromatic rings. The number of morpholine rings is 1. The van der Waals surface area contributed by atoms with Gasteiger partial charge in [-0.05, 0) is 37.1 Å². The fraction of sp³-hybridized carbons (Fsp3) is 0.476. The van der Waals surface area contributed by atoms with Gasteiger partial charge in [-0.3, -0.25) is 5.32 Å². The minimum Gasteiger partial charge on any atom is -0.378 e. The highest BCUT2D eigenvalue weighted by Gasteiger charge is 2.17. The van der Waals surface area contributed by atoms with Gasteiger partial charge in [0.25, 0.3) is 0 Å². The van der Waals surface area contributed by atoms with Crippen molar-refractivity contribution in [2.24, 2.45) is 0 Å². The van der Waals surface area contributed by atoms with E-state index in [1.165, 1.54) is 19.3 Å². The Kier molecular flexibility index (Phi) is 6.41. The van der Waals surface area contributed by atoms with Gasteiger partial charge in [-0.1, -0.05) is 31.4 Å². The monoisotopic (exact) mass is 396 g/mol. The molecule has 0 unspecified atom stereocenters.